The van der Waals surface area contributed by atoms with Gasteiger partial charge in [-0.2, -0.15) is 0 Å². The summed E-state index contributed by atoms with van der Waals surface area (Å²) < 4.78 is 18.0. The summed E-state index contributed by atoms with van der Waals surface area (Å²) in [5, 5.41) is 11.2. The van der Waals surface area contributed by atoms with Gasteiger partial charge in [0.05, 0.1) is 15.9 Å². The summed E-state index contributed by atoms with van der Waals surface area (Å²) in [5.41, 5.74) is -0.166. The average molecular weight is 335 g/mol. The Labute approximate surface area is 136 Å². The molecule has 0 amide bonds. The van der Waals surface area contributed by atoms with E-state index in [1.54, 1.807) is 12.1 Å². The number of rotatable bonds is 6. The Kier molecular flexibility index (Phi) is 5.70. The normalized spacial score (nSPS) is 10.3. The summed E-state index contributed by atoms with van der Waals surface area (Å²) in [4.78, 5) is 23.2. The van der Waals surface area contributed by atoms with Gasteiger partial charge in [0.15, 0.2) is 0 Å². The Morgan fingerprint density at radius 3 is 2.57 bits per heavy atom. The van der Waals surface area contributed by atoms with E-state index in [-0.39, 0.29) is 23.7 Å². The Hall–Kier alpha value is -2.41. The Balaban J connectivity index is 2.24. The van der Waals surface area contributed by atoms with Gasteiger partial charge in [0.1, 0.15) is 11.6 Å². The van der Waals surface area contributed by atoms with Crippen LogP contribution in [0.1, 0.15) is 19.8 Å². The van der Waals surface area contributed by atoms with Crippen LogP contribution in [-0.2, 0) is 4.79 Å². The molecule has 0 heterocycles. The number of hydrogen-bond acceptors (Lipinski definition) is 5. The van der Waals surface area contributed by atoms with E-state index in [2.05, 4.69) is 0 Å². The third kappa shape index (κ3) is 4.79. The highest BCUT2D eigenvalue weighted by molar-refractivity contribution is 7.99. The molecule has 0 unspecified atom stereocenters. The van der Waals surface area contributed by atoms with E-state index in [0.717, 1.165) is 11.8 Å². The van der Waals surface area contributed by atoms with Gasteiger partial charge in [0, 0.05) is 11.3 Å². The first-order valence-electron chi connectivity index (χ1n) is 6.92. The monoisotopic (exact) mass is 335 g/mol. The lowest BCUT2D eigenvalue weighted by atomic mass is 10.3. The number of carbonyl (C=O) groups is 1. The molecule has 120 valence electrons. The van der Waals surface area contributed by atoms with Crippen LogP contribution in [0.15, 0.2) is 52.3 Å². The second-order valence-corrected chi connectivity index (χ2v) is 5.78. The van der Waals surface area contributed by atoms with Gasteiger partial charge in [-0.1, -0.05) is 18.7 Å². The largest absolute Gasteiger partial charge is 0.426 e. The molecule has 0 saturated heterocycles. The van der Waals surface area contributed by atoms with Gasteiger partial charge in [-0.25, -0.2) is 4.39 Å². The minimum atomic E-state index is -0.539. The molecule has 0 bridgehead atoms. The third-order valence-corrected chi connectivity index (χ3v) is 3.93. The first kappa shape index (κ1) is 17.0. The average Bonchev–Trinajstić information content (AvgIpc) is 2.51. The van der Waals surface area contributed by atoms with Gasteiger partial charge in [-0.3, -0.25) is 14.9 Å². The van der Waals surface area contributed by atoms with E-state index >= 15 is 0 Å². The molecule has 2 rings (SSSR count). The Morgan fingerprint density at radius 1 is 1.26 bits per heavy atom. The fraction of sp³-hybridized carbons (Fsp3) is 0.188. The summed E-state index contributed by atoms with van der Waals surface area (Å²) in [6, 6.07) is 9.90. The van der Waals surface area contributed by atoms with Gasteiger partial charge in [0.2, 0.25) is 0 Å². The Morgan fingerprint density at radius 2 is 1.96 bits per heavy atom. The van der Waals surface area contributed by atoms with Crippen LogP contribution >= 0.6 is 11.8 Å². The molecule has 0 aliphatic heterocycles. The lowest BCUT2D eigenvalue weighted by Gasteiger charge is -2.07. The standard InChI is InChI=1S/C16H14FNO4S/c1-2-3-16(19)22-12-6-9-15(14(10-12)18(20)21)23-13-7-4-11(17)5-8-13/h4-10H,2-3H2,1H3. The predicted octanol–water partition coefficient (Wildman–Crippen LogP) is 4.59. The first-order valence-corrected chi connectivity index (χ1v) is 7.73. The third-order valence-electron chi connectivity index (χ3n) is 2.85. The predicted molar refractivity (Wildman–Crippen MR) is 84.2 cm³/mol. The van der Waals surface area contributed by atoms with E-state index in [1.165, 1.54) is 30.3 Å². The summed E-state index contributed by atoms with van der Waals surface area (Å²) in [6.45, 7) is 1.84. The quantitative estimate of drug-likeness (QED) is 0.334. The summed E-state index contributed by atoms with van der Waals surface area (Å²) >= 11 is 1.14. The van der Waals surface area contributed by atoms with E-state index < -0.39 is 10.9 Å². The lowest BCUT2D eigenvalue weighted by Crippen LogP contribution is -2.07. The highest BCUT2D eigenvalue weighted by Crippen LogP contribution is 2.37. The number of nitrogens with zero attached hydrogens (tertiary/aromatic N) is 1. The molecule has 0 atom stereocenters. The fourth-order valence-corrected chi connectivity index (χ4v) is 2.71. The second kappa shape index (κ2) is 7.73. The van der Waals surface area contributed by atoms with Gasteiger partial charge in [0.25, 0.3) is 5.69 Å². The van der Waals surface area contributed by atoms with Crippen LogP contribution in [0.5, 0.6) is 5.75 Å². The molecule has 2 aromatic carbocycles. The number of nitro groups is 1. The highest BCUT2D eigenvalue weighted by atomic mass is 32.2. The van der Waals surface area contributed by atoms with Crippen LogP contribution < -0.4 is 4.74 Å². The minimum absolute atomic E-state index is 0.138. The van der Waals surface area contributed by atoms with Crippen LogP contribution in [0.4, 0.5) is 10.1 Å². The maximum atomic E-state index is 12.9. The summed E-state index contributed by atoms with van der Waals surface area (Å²) in [5.74, 6) is -0.665. The molecule has 0 saturated carbocycles. The molecule has 7 heteroatoms. The molecular weight excluding hydrogens is 321 g/mol. The topological polar surface area (TPSA) is 69.4 Å². The Bertz CT molecular complexity index is 719. The zero-order valence-corrected chi connectivity index (χ0v) is 13.1. The molecule has 0 spiro atoms. The van der Waals surface area contributed by atoms with E-state index in [9.17, 15) is 19.3 Å². The van der Waals surface area contributed by atoms with Crippen molar-refractivity contribution in [2.45, 2.75) is 29.6 Å². The van der Waals surface area contributed by atoms with Gasteiger partial charge < -0.3 is 4.74 Å². The zero-order chi connectivity index (χ0) is 16.8. The molecule has 0 aliphatic rings. The summed E-state index contributed by atoms with van der Waals surface area (Å²) in [6.07, 6.45) is 0.888. The van der Waals surface area contributed by atoms with E-state index in [4.69, 9.17) is 4.74 Å². The smallest absolute Gasteiger partial charge is 0.311 e. The van der Waals surface area contributed by atoms with Crippen LogP contribution in [0.25, 0.3) is 0 Å². The zero-order valence-electron chi connectivity index (χ0n) is 12.3. The van der Waals surface area contributed by atoms with Crippen LogP contribution in [0, 0.1) is 15.9 Å². The highest BCUT2D eigenvalue weighted by Gasteiger charge is 2.17. The van der Waals surface area contributed by atoms with Crippen molar-refractivity contribution in [3.05, 3.63) is 58.4 Å². The minimum Gasteiger partial charge on any atom is -0.426 e. The maximum Gasteiger partial charge on any atom is 0.311 e. The molecule has 2 aromatic rings. The van der Waals surface area contributed by atoms with Gasteiger partial charge in [-0.15, -0.1) is 0 Å². The van der Waals surface area contributed by atoms with Crippen molar-refractivity contribution in [1.29, 1.82) is 0 Å². The van der Waals surface area contributed by atoms with Crippen molar-refractivity contribution in [2.75, 3.05) is 0 Å². The molecule has 0 radical (unpaired) electrons. The molecule has 0 N–H and O–H groups in total. The maximum absolute atomic E-state index is 12.9. The summed E-state index contributed by atoms with van der Waals surface area (Å²) in [7, 11) is 0. The van der Waals surface area contributed by atoms with Crippen LogP contribution in [0.2, 0.25) is 0 Å². The second-order valence-electron chi connectivity index (χ2n) is 4.67. The van der Waals surface area contributed by atoms with Crippen molar-refractivity contribution in [1.82, 2.24) is 0 Å². The number of hydrogen-bond donors (Lipinski definition) is 0. The molecule has 0 aromatic heterocycles. The van der Waals surface area contributed by atoms with Crippen LogP contribution in [0.3, 0.4) is 0 Å². The van der Waals surface area contributed by atoms with E-state index in [0.29, 0.717) is 16.2 Å². The molecule has 0 fully saturated rings. The molecular formula is C16H14FNO4S. The number of esters is 1. The van der Waals surface area contributed by atoms with Crippen LogP contribution in [-0.4, -0.2) is 10.9 Å². The number of carbonyl (C=O) groups excluding carboxylic acids is 1. The molecule has 23 heavy (non-hydrogen) atoms. The van der Waals surface area contributed by atoms with Crippen molar-refractivity contribution in [2.24, 2.45) is 0 Å². The van der Waals surface area contributed by atoms with Crippen molar-refractivity contribution < 1.29 is 18.8 Å². The molecule has 5 nitrogen and oxygen atoms in total. The van der Waals surface area contributed by atoms with Crippen molar-refractivity contribution in [3.8, 4) is 5.75 Å². The SMILES string of the molecule is CCCC(=O)Oc1ccc(Sc2ccc(F)cc2)c([N+](=O)[O-])c1. The van der Waals surface area contributed by atoms with E-state index in [1.807, 2.05) is 6.92 Å². The fourth-order valence-electron chi connectivity index (χ4n) is 1.81. The van der Waals surface area contributed by atoms with Crippen molar-refractivity contribution >= 4 is 23.4 Å². The van der Waals surface area contributed by atoms with Gasteiger partial charge >= 0.3 is 5.97 Å². The lowest BCUT2D eigenvalue weighted by molar-refractivity contribution is -0.387. The number of ether oxygens (including phenoxy) is 1. The number of nitro benzene ring substituents is 1. The van der Waals surface area contributed by atoms with Crippen molar-refractivity contribution in [3.63, 3.8) is 0 Å². The first-order chi connectivity index (χ1) is 11.0. The number of halogens is 1. The number of benzene rings is 2. The molecule has 0 aliphatic carbocycles. The van der Waals surface area contributed by atoms with Gasteiger partial charge in [-0.05, 0) is 42.8 Å².